The van der Waals surface area contributed by atoms with Gasteiger partial charge in [0.15, 0.2) is 0 Å². The SMILES string of the molecule is C=C/C(=C\C=C\C)CCNC(C)CC.Cc1ccccc1. The molecule has 1 aromatic carbocycles. The van der Waals surface area contributed by atoms with Crippen LogP contribution >= 0.6 is 0 Å². The van der Waals surface area contributed by atoms with Gasteiger partial charge in [-0.15, -0.1) is 0 Å². The molecule has 0 spiro atoms. The van der Waals surface area contributed by atoms with Crippen molar-refractivity contribution in [3.63, 3.8) is 0 Å². The normalized spacial score (nSPS) is 12.7. The van der Waals surface area contributed by atoms with Gasteiger partial charge in [-0.3, -0.25) is 0 Å². The molecule has 0 heterocycles. The van der Waals surface area contributed by atoms with Crippen molar-refractivity contribution >= 4 is 0 Å². The summed E-state index contributed by atoms with van der Waals surface area (Å²) < 4.78 is 0. The Morgan fingerprint density at radius 1 is 1.29 bits per heavy atom. The molecule has 0 aliphatic rings. The Morgan fingerprint density at radius 3 is 2.38 bits per heavy atom. The summed E-state index contributed by atoms with van der Waals surface area (Å²) >= 11 is 0. The molecule has 0 amide bonds. The van der Waals surface area contributed by atoms with Gasteiger partial charge in [-0.2, -0.15) is 0 Å². The van der Waals surface area contributed by atoms with E-state index < -0.39 is 0 Å². The topological polar surface area (TPSA) is 12.0 Å². The van der Waals surface area contributed by atoms with Crippen LogP contribution in [-0.2, 0) is 0 Å². The van der Waals surface area contributed by atoms with Gasteiger partial charge in [0, 0.05) is 6.04 Å². The Kier molecular flexibility index (Phi) is 12.4. The van der Waals surface area contributed by atoms with E-state index in [1.54, 1.807) is 0 Å². The van der Waals surface area contributed by atoms with Crippen LogP contribution in [0, 0.1) is 6.92 Å². The maximum atomic E-state index is 3.80. The second-order valence-corrected chi connectivity index (χ2v) is 5.14. The van der Waals surface area contributed by atoms with Crippen molar-refractivity contribution < 1.29 is 0 Å². The fourth-order valence-corrected chi connectivity index (χ4v) is 1.61. The van der Waals surface area contributed by atoms with Gasteiger partial charge < -0.3 is 5.32 Å². The van der Waals surface area contributed by atoms with Gasteiger partial charge in [-0.25, -0.2) is 0 Å². The first-order chi connectivity index (χ1) is 10.1. The summed E-state index contributed by atoms with van der Waals surface area (Å²) in [4.78, 5) is 0. The van der Waals surface area contributed by atoms with Crippen LogP contribution in [-0.4, -0.2) is 12.6 Å². The monoisotopic (exact) mass is 285 g/mol. The number of nitrogens with one attached hydrogen (secondary N) is 1. The Bertz CT molecular complexity index is 415. The van der Waals surface area contributed by atoms with Gasteiger partial charge in [0.05, 0.1) is 0 Å². The first kappa shape index (κ1) is 19.4. The molecule has 0 radical (unpaired) electrons. The molecule has 1 heteroatoms. The molecule has 0 saturated heterocycles. The minimum Gasteiger partial charge on any atom is -0.314 e. The van der Waals surface area contributed by atoms with E-state index in [0.29, 0.717) is 6.04 Å². The third-order valence-corrected chi connectivity index (χ3v) is 3.22. The quantitative estimate of drug-likeness (QED) is 0.657. The predicted octanol–water partition coefficient (Wildman–Crippen LogP) is 5.45. The summed E-state index contributed by atoms with van der Waals surface area (Å²) in [6.45, 7) is 13.3. The third-order valence-electron chi connectivity index (χ3n) is 3.22. The van der Waals surface area contributed by atoms with Crippen molar-refractivity contribution in [2.45, 2.75) is 46.6 Å². The minimum absolute atomic E-state index is 0.614. The number of allylic oxidation sites excluding steroid dienone is 4. The molecule has 0 fully saturated rings. The Morgan fingerprint density at radius 2 is 1.95 bits per heavy atom. The highest BCUT2D eigenvalue weighted by Crippen LogP contribution is 2.02. The zero-order chi connectivity index (χ0) is 15.9. The molecule has 0 bridgehead atoms. The smallest absolute Gasteiger partial charge is 0.00362 e. The van der Waals surface area contributed by atoms with Crippen LogP contribution in [0.1, 0.15) is 39.2 Å². The lowest BCUT2D eigenvalue weighted by Crippen LogP contribution is -2.26. The number of hydrogen-bond donors (Lipinski definition) is 1. The van der Waals surface area contributed by atoms with Crippen molar-refractivity contribution in [2.75, 3.05) is 6.54 Å². The Labute approximate surface area is 131 Å². The van der Waals surface area contributed by atoms with E-state index in [0.717, 1.165) is 13.0 Å². The van der Waals surface area contributed by atoms with Crippen LogP contribution < -0.4 is 5.32 Å². The van der Waals surface area contributed by atoms with E-state index in [1.165, 1.54) is 17.6 Å². The van der Waals surface area contributed by atoms with E-state index in [-0.39, 0.29) is 0 Å². The molecule has 1 rings (SSSR count). The van der Waals surface area contributed by atoms with Crippen LogP contribution in [0.2, 0.25) is 0 Å². The molecule has 116 valence electrons. The largest absolute Gasteiger partial charge is 0.314 e. The zero-order valence-corrected chi connectivity index (χ0v) is 14.1. The second kappa shape index (κ2) is 13.4. The number of hydrogen-bond acceptors (Lipinski definition) is 1. The first-order valence-electron chi connectivity index (χ1n) is 7.83. The van der Waals surface area contributed by atoms with Crippen LogP contribution in [0.15, 0.2) is 66.8 Å². The average molecular weight is 285 g/mol. The van der Waals surface area contributed by atoms with Crippen LogP contribution in [0.3, 0.4) is 0 Å². The fourth-order valence-electron chi connectivity index (χ4n) is 1.61. The van der Waals surface area contributed by atoms with Crippen molar-refractivity contribution in [1.29, 1.82) is 0 Å². The van der Waals surface area contributed by atoms with Crippen molar-refractivity contribution in [2.24, 2.45) is 0 Å². The number of rotatable bonds is 7. The summed E-state index contributed by atoms with van der Waals surface area (Å²) in [5.74, 6) is 0. The van der Waals surface area contributed by atoms with Crippen LogP contribution in [0.5, 0.6) is 0 Å². The van der Waals surface area contributed by atoms with E-state index in [1.807, 2.05) is 37.3 Å². The lowest BCUT2D eigenvalue weighted by molar-refractivity contribution is 0.538. The highest BCUT2D eigenvalue weighted by molar-refractivity contribution is 5.21. The molecule has 1 nitrogen and oxygen atoms in total. The minimum atomic E-state index is 0.614. The second-order valence-electron chi connectivity index (χ2n) is 5.14. The number of benzene rings is 1. The van der Waals surface area contributed by atoms with Gasteiger partial charge >= 0.3 is 0 Å². The molecule has 0 aliphatic carbocycles. The summed E-state index contributed by atoms with van der Waals surface area (Å²) in [6, 6.07) is 10.9. The van der Waals surface area contributed by atoms with Crippen molar-refractivity contribution in [1.82, 2.24) is 5.32 Å². The third kappa shape index (κ3) is 11.9. The highest BCUT2D eigenvalue weighted by Gasteiger charge is 1.96. The molecule has 0 saturated carbocycles. The zero-order valence-electron chi connectivity index (χ0n) is 14.1. The summed E-state index contributed by atoms with van der Waals surface area (Å²) in [5, 5.41) is 3.46. The molecule has 0 aromatic heterocycles. The molecule has 1 atom stereocenters. The molecule has 21 heavy (non-hydrogen) atoms. The van der Waals surface area contributed by atoms with Gasteiger partial charge in [-0.05, 0) is 45.7 Å². The maximum absolute atomic E-state index is 3.80. The van der Waals surface area contributed by atoms with Gasteiger partial charge in [-0.1, -0.05) is 73.7 Å². The summed E-state index contributed by atoms with van der Waals surface area (Å²) in [7, 11) is 0. The van der Waals surface area contributed by atoms with Gasteiger partial charge in [0.25, 0.3) is 0 Å². The van der Waals surface area contributed by atoms with E-state index in [4.69, 9.17) is 0 Å². The molecule has 1 aromatic rings. The van der Waals surface area contributed by atoms with Crippen LogP contribution in [0.4, 0.5) is 0 Å². The molecule has 0 aliphatic heterocycles. The van der Waals surface area contributed by atoms with Crippen molar-refractivity contribution in [3.05, 3.63) is 72.4 Å². The Balaban J connectivity index is 0.000000471. The summed E-state index contributed by atoms with van der Waals surface area (Å²) in [5.41, 5.74) is 2.61. The molecular formula is C20H31N. The fraction of sp³-hybridized carbons (Fsp3) is 0.400. The van der Waals surface area contributed by atoms with Crippen LogP contribution in [0.25, 0.3) is 0 Å². The standard InChI is InChI=1S/C13H23N.C7H8/c1-5-8-9-13(7-3)10-11-14-12(4)6-2;1-7-5-3-2-4-6-7/h5,7-9,12,14H,3,6,10-11H2,1-2,4H3;2-6H,1H3/b8-5+,13-9+;. The highest BCUT2D eigenvalue weighted by atomic mass is 14.9. The van der Waals surface area contributed by atoms with Crippen molar-refractivity contribution in [3.8, 4) is 0 Å². The number of aryl methyl sites for hydroxylation is 1. The van der Waals surface area contributed by atoms with Gasteiger partial charge in [0.1, 0.15) is 0 Å². The Hall–Kier alpha value is -1.60. The van der Waals surface area contributed by atoms with E-state index in [2.05, 4.69) is 57.0 Å². The summed E-state index contributed by atoms with van der Waals surface area (Å²) in [6.07, 6.45) is 10.4. The maximum Gasteiger partial charge on any atom is 0.00362 e. The lowest BCUT2D eigenvalue weighted by atomic mass is 10.1. The predicted molar refractivity (Wildman–Crippen MR) is 96.6 cm³/mol. The average Bonchev–Trinajstić information content (AvgIpc) is 2.51. The van der Waals surface area contributed by atoms with Gasteiger partial charge in [0.2, 0.25) is 0 Å². The van der Waals surface area contributed by atoms with E-state index >= 15 is 0 Å². The lowest BCUT2D eigenvalue weighted by Gasteiger charge is -2.10. The van der Waals surface area contributed by atoms with E-state index in [9.17, 15) is 0 Å². The molecule has 1 unspecified atom stereocenters. The molecule has 1 N–H and O–H groups in total. The molecular weight excluding hydrogens is 254 g/mol. The first-order valence-corrected chi connectivity index (χ1v) is 7.83.